The summed E-state index contributed by atoms with van der Waals surface area (Å²) in [5.41, 5.74) is 0. The Kier molecular flexibility index (Phi) is 4.95. The zero-order valence-corrected chi connectivity index (χ0v) is 6.42. The van der Waals surface area contributed by atoms with E-state index in [0.29, 0.717) is 0 Å². The summed E-state index contributed by atoms with van der Waals surface area (Å²) in [6, 6.07) is 0. The van der Waals surface area contributed by atoms with Crippen molar-refractivity contribution in [3.8, 4) is 11.8 Å². The van der Waals surface area contributed by atoms with Crippen LogP contribution >= 0.6 is 0 Å². The Morgan fingerprint density at radius 1 is 1.20 bits per heavy atom. The summed E-state index contributed by atoms with van der Waals surface area (Å²) in [5, 5.41) is 8.71. The van der Waals surface area contributed by atoms with Crippen LogP contribution in [0.15, 0.2) is 0 Å². The number of aliphatic hydroxyl groups excluding tert-OH is 1. The first-order chi connectivity index (χ1) is 4.70. The lowest BCUT2D eigenvalue weighted by Gasteiger charge is -2.03. The van der Waals surface area contributed by atoms with Crippen molar-refractivity contribution in [1.82, 2.24) is 0 Å². The smallest absolute Gasteiger partial charge is 0.221 e. The summed E-state index contributed by atoms with van der Waals surface area (Å²) >= 11 is 0. The third kappa shape index (κ3) is 4.33. The van der Waals surface area contributed by atoms with Crippen LogP contribution in [0, 0.1) is 11.8 Å². The van der Waals surface area contributed by atoms with E-state index in [0.717, 1.165) is 0 Å². The van der Waals surface area contributed by atoms with Gasteiger partial charge < -0.3 is 14.6 Å². The van der Waals surface area contributed by atoms with Crippen molar-refractivity contribution in [2.24, 2.45) is 0 Å². The van der Waals surface area contributed by atoms with Crippen LogP contribution in [0.25, 0.3) is 0 Å². The predicted octanol–water partition coefficient (Wildman–Crippen LogP) is -0.0105. The molecule has 10 heavy (non-hydrogen) atoms. The van der Waals surface area contributed by atoms with Gasteiger partial charge in [-0.2, -0.15) is 0 Å². The molecule has 0 radical (unpaired) electrons. The molecular formula is C7H12O3. The van der Waals surface area contributed by atoms with Crippen LogP contribution in [0.1, 0.15) is 6.92 Å². The fraction of sp³-hybridized carbons (Fsp3) is 0.714. The molecule has 58 valence electrons. The van der Waals surface area contributed by atoms with Crippen LogP contribution in [0.4, 0.5) is 0 Å². The van der Waals surface area contributed by atoms with Gasteiger partial charge in [-0.15, -0.1) is 0 Å². The Morgan fingerprint density at radius 2 is 1.70 bits per heavy atom. The second kappa shape index (κ2) is 5.24. The first-order valence-corrected chi connectivity index (χ1v) is 2.95. The number of ether oxygens (including phenoxy) is 2. The molecular weight excluding hydrogens is 132 g/mol. The molecule has 0 aromatic carbocycles. The molecule has 0 aliphatic rings. The number of rotatable bonds is 2. The van der Waals surface area contributed by atoms with Crippen LogP contribution in [-0.2, 0) is 9.47 Å². The zero-order valence-electron chi connectivity index (χ0n) is 6.42. The highest BCUT2D eigenvalue weighted by atomic mass is 16.7. The normalized spacial score (nSPS) is 12.5. The third-order valence-corrected chi connectivity index (χ3v) is 0.838. The SMILES string of the molecule is COC(C#CC(C)O)OC. The summed E-state index contributed by atoms with van der Waals surface area (Å²) in [7, 11) is 2.98. The molecule has 0 heterocycles. The minimum absolute atomic E-state index is 0.533. The Labute approximate surface area is 60.9 Å². The Balaban J connectivity index is 3.74. The van der Waals surface area contributed by atoms with Crippen LogP contribution in [-0.4, -0.2) is 31.7 Å². The molecule has 0 spiro atoms. The van der Waals surface area contributed by atoms with Crippen molar-refractivity contribution >= 4 is 0 Å². The minimum atomic E-state index is -0.632. The highest BCUT2D eigenvalue weighted by molar-refractivity contribution is 5.05. The van der Waals surface area contributed by atoms with Gasteiger partial charge in [0.05, 0.1) is 0 Å². The highest BCUT2D eigenvalue weighted by Crippen LogP contribution is 1.86. The minimum Gasteiger partial charge on any atom is -0.381 e. The van der Waals surface area contributed by atoms with Gasteiger partial charge in [0.15, 0.2) is 0 Å². The summed E-state index contributed by atoms with van der Waals surface area (Å²) in [6.07, 6.45) is -1.16. The Morgan fingerprint density at radius 3 is 2.00 bits per heavy atom. The molecule has 0 aromatic heterocycles. The third-order valence-electron chi connectivity index (χ3n) is 0.838. The van der Waals surface area contributed by atoms with Gasteiger partial charge in [-0.25, -0.2) is 0 Å². The second-order valence-electron chi connectivity index (χ2n) is 1.77. The summed E-state index contributed by atoms with van der Waals surface area (Å²) in [6.45, 7) is 1.58. The Hall–Kier alpha value is -0.560. The van der Waals surface area contributed by atoms with Crippen molar-refractivity contribution in [3.63, 3.8) is 0 Å². The van der Waals surface area contributed by atoms with Gasteiger partial charge in [0.1, 0.15) is 6.10 Å². The van der Waals surface area contributed by atoms with Gasteiger partial charge in [-0.3, -0.25) is 0 Å². The van der Waals surface area contributed by atoms with Gasteiger partial charge >= 0.3 is 0 Å². The predicted molar refractivity (Wildman–Crippen MR) is 37.3 cm³/mol. The Bertz CT molecular complexity index is 128. The largest absolute Gasteiger partial charge is 0.381 e. The van der Waals surface area contributed by atoms with Crippen molar-refractivity contribution in [2.75, 3.05) is 14.2 Å². The van der Waals surface area contributed by atoms with Crippen molar-refractivity contribution < 1.29 is 14.6 Å². The molecule has 0 aliphatic carbocycles. The molecule has 0 saturated heterocycles. The lowest BCUT2D eigenvalue weighted by Crippen LogP contribution is -2.10. The molecule has 0 saturated carbocycles. The second-order valence-corrected chi connectivity index (χ2v) is 1.77. The maximum Gasteiger partial charge on any atom is 0.221 e. The topological polar surface area (TPSA) is 38.7 Å². The van der Waals surface area contributed by atoms with Gasteiger partial charge in [-0.05, 0) is 12.8 Å². The average molecular weight is 144 g/mol. The van der Waals surface area contributed by atoms with E-state index in [-0.39, 0.29) is 0 Å². The van der Waals surface area contributed by atoms with Gasteiger partial charge in [0.2, 0.25) is 6.29 Å². The monoisotopic (exact) mass is 144 g/mol. The van der Waals surface area contributed by atoms with Crippen molar-refractivity contribution in [2.45, 2.75) is 19.3 Å². The first-order valence-electron chi connectivity index (χ1n) is 2.95. The molecule has 0 fully saturated rings. The standard InChI is InChI=1S/C7H12O3/c1-6(8)4-5-7(9-2)10-3/h6-8H,1-3H3. The summed E-state index contributed by atoms with van der Waals surface area (Å²) in [4.78, 5) is 0. The lowest BCUT2D eigenvalue weighted by molar-refractivity contribution is -0.0597. The quantitative estimate of drug-likeness (QED) is 0.437. The molecule has 3 heteroatoms. The van der Waals surface area contributed by atoms with E-state index in [1.807, 2.05) is 0 Å². The maximum absolute atomic E-state index is 8.71. The van der Waals surface area contributed by atoms with Gasteiger partial charge in [-0.1, -0.05) is 5.92 Å². The molecule has 1 atom stereocenters. The van der Waals surface area contributed by atoms with E-state index < -0.39 is 12.4 Å². The molecule has 3 nitrogen and oxygen atoms in total. The molecule has 0 amide bonds. The fourth-order valence-corrected chi connectivity index (χ4v) is 0.403. The molecule has 0 rings (SSSR count). The van der Waals surface area contributed by atoms with Gasteiger partial charge in [0.25, 0.3) is 0 Å². The molecule has 0 aromatic rings. The van der Waals surface area contributed by atoms with E-state index in [2.05, 4.69) is 11.8 Å². The zero-order chi connectivity index (χ0) is 7.98. The van der Waals surface area contributed by atoms with Crippen molar-refractivity contribution in [1.29, 1.82) is 0 Å². The molecule has 1 unspecified atom stereocenters. The molecule has 1 N–H and O–H groups in total. The number of hydrogen-bond donors (Lipinski definition) is 1. The van der Waals surface area contributed by atoms with E-state index in [9.17, 15) is 0 Å². The number of hydrogen-bond acceptors (Lipinski definition) is 3. The summed E-state index contributed by atoms with van der Waals surface area (Å²) in [5.74, 6) is 5.08. The maximum atomic E-state index is 8.71. The van der Waals surface area contributed by atoms with Gasteiger partial charge in [0, 0.05) is 14.2 Å². The van der Waals surface area contributed by atoms with E-state index in [1.165, 1.54) is 14.2 Å². The van der Waals surface area contributed by atoms with Crippen LogP contribution in [0.2, 0.25) is 0 Å². The van der Waals surface area contributed by atoms with Crippen LogP contribution in [0.5, 0.6) is 0 Å². The average Bonchev–Trinajstić information content (AvgIpc) is 1.90. The summed E-state index contributed by atoms with van der Waals surface area (Å²) < 4.78 is 9.49. The lowest BCUT2D eigenvalue weighted by atomic mass is 10.4. The van der Waals surface area contributed by atoms with Crippen molar-refractivity contribution in [3.05, 3.63) is 0 Å². The van der Waals surface area contributed by atoms with E-state index in [4.69, 9.17) is 14.6 Å². The fourth-order valence-electron chi connectivity index (χ4n) is 0.403. The molecule has 0 bridgehead atoms. The van der Waals surface area contributed by atoms with E-state index in [1.54, 1.807) is 6.92 Å². The number of methoxy groups -OCH3 is 2. The van der Waals surface area contributed by atoms with E-state index >= 15 is 0 Å². The first kappa shape index (κ1) is 9.44. The molecule has 0 aliphatic heterocycles. The number of aliphatic hydroxyl groups is 1. The van der Waals surface area contributed by atoms with Crippen LogP contribution < -0.4 is 0 Å². The highest BCUT2D eigenvalue weighted by Gasteiger charge is 1.96. The van der Waals surface area contributed by atoms with Crippen LogP contribution in [0.3, 0.4) is 0 Å².